The first-order chi connectivity index (χ1) is 8.04. The largest absolute Gasteiger partial charge is 0.354 e. The summed E-state index contributed by atoms with van der Waals surface area (Å²) in [7, 11) is 3.62. The predicted molar refractivity (Wildman–Crippen MR) is 66.7 cm³/mol. The molecule has 0 fully saturated rings. The molecule has 0 aliphatic carbocycles. The molecular weight excluding hydrogens is 265 g/mol. The Labute approximate surface area is 105 Å². The first-order valence-electron chi connectivity index (χ1n) is 4.58. The van der Waals surface area contributed by atoms with Crippen LogP contribution in [0.25, 0.3) is 10.2 Å². The van der Waals surface area contributed by atoms with Gasteiger partial charge in [0, 0.05) is 14.1 Å². The average molecular weight is 272 g/mol. The summed E-state index contributed by atoms with van der Waals surface area (Å²) in [5, 5.41) is 0.863. The number of thiazole rings is 1. The quantitative estimate of drug-likeness (QED) is 0.623. The SMILES string of the molecule is CN(C)c1nc2c(Cl)cc(F)c(N=C=O)c2s1. The third-order valence-corrected chi connectivity index (χ3v) is 3.59. The van der Waals surface area contributed by atoms with Gasteiger partial charge < -0.3 is 4.90 Å². The van der Waals surface area contributed by atoms with Gasteiger partial charge in [0.1, 0.15) is 11.2 Å². The molecule has 0 N–H and O–H groups in total. The normalized spacial score (nSPS) is 10.4. The Morgan fingerprint density at radius 3 is 2.88 bits per heavy atom. The first-order valence-corrected chi connectivity index (χ1v) is 5.77. The Hall–Kier alpha value is -1.49. The van der Waals surface area contributed by atoms with Crippen LogP contribution in [0, 0.1) is 5.82 Å². The summed E-state index contributed by atoms with van der Waals surface area (Å²) in [4.78, 5) is 19.7. The van der Waals surface area contributed by atoms with Crippen LogP contribution in [0.4, 0.5) is 15.2 Å². The van der Waals surface area contributed by atoms with Gasteiger partial charge in [-0.25, -0.2) is 14.2 Å². The molecule has 2 rings (SSSR count). The fraction of sp³-hybridized carbons (Fsp3) is 0.200. The maximum Gasteiger partial charge on any atom is 0.240 e. The fourth-order valence-corrected chi connectivity index (χ4v) is 2.61. The zero-order valence-corrected chi connectivity index (χ0v) is 10.6. The summed E-state index contributed by atoms with van der Waals surface area (Å²) < 4.78 is 14.0. The summed E-state index contributed by atoms with van der Waals surface area (Å²) in [5.41, 5.74) is 0.376. The van der Waals surface area contributed by atoms with Crippen molar-refractivity contribution in [1.82, 2.24) is 4.98 Å². The van der Waals surface area contributed by atoms with Crippen molar-refractivity contribution in [3.05, 3.63) is 16.9 Å². The van der Waals surface area contributed by atoms with E-state index in [9.17, 15) is 9.18 Å². The van der Waals surface area contributed by atoms with Crippen molar-refractivity contribution in [3.8, 4) is 0 Å². The Morgan fingerprint density at radius 2 is 2.29 bits per heavy atom. The molecule has 0 saturated heterocycles. The van der Waals surface area contributed by atoms with Crippen molar-refractivity contribution >= 4 is 50.1 Å². The van der Waals surface area contributed by atoms with Gasteiger partial charge in [0.2, 0.25) is 6.08 Å². The highest BCUT2D eigenvalue weighted by Gasteiger charge is 2.16. The standard InChI is InChI=1S/C10H7ClFN3OS/c1-15(2)10-14-7-5(11)3-6(12)8(13-4-16)9(7)17-10/h3H,1-2H3. The minimum absolute atomic E-state index is 0.0648. The number of isocyanates is 1. The Balaban J connectivity index is 2.85. The van der Waals surface area contributed by atoms with Gasteiger partial charge in [0.05, 0.1) is 9.72 Å². The Morgan fingerprint density at radius 1 is 1.59 bits per heavy atom. The minimum Gasteiger partial charge on any atom is -0.354 e. The smallest absolute Gasteiger partial charge is 0.240 e. The molecule has 0 aliphatic rings. The van der Waals surface area contributed by atoms with E-state index >= 15 is 0 Å². The van der Waals surface area contributed by atoms with Crippen molar-refractivity contribution in [2.24, 2.45) is 4.99 Å². The van der Waals surface area contributed by atoms with Crippen LogP contribution in [0.5, 0.6) is 0 Å². The summed E-state index contributed by atoms with van der Waals surface area (Å²) in [6, 6.07) is 1.10. The molecule has 0 saturated carbocycles. The van der Waals surface area contributed by atoms with Gasteiger partial charge >= 0.3 is 0 Å². The molecule has 1 heterocycles. The highest BCUT2D eigenvalue weighted by atomic mass is 35.5. The van der Waals surface area contributed by atoms with Gasteiger partial charge in [-0.3, -0.25) is 0 Å². The van der Waals surface area contributed by atoms with Crippen LogP contribution in [0.15, 0.2) is 11.1 Å². The molecule has 1 aromatic heterocycles. The molecule has 0 amide bonds. The van der Waals surface area contributed by atoms with Crippen molar-refractivity contribution in [2.75, 3.05) is 19.0 Å². The van der Waals surface area contributed by atoms with Crippen molar-refractivity contribution in [2.45, 2.75) is 0 Å². The number of benzene rings is 1. The predicted octanol–water partition coefficient (Wildman–Crippen LogP) is 3.12. The van der Waals surface area contributed by atoms with E-state index in [-0.39, 0.29) is 10.7 Å². The molecule has 7 heteroatoms. The lowest BCUT2D eigenvalue weighted by Gasteiger charge is -2.04. The summed E-state index contributed by atoms with van der Waals surface area (Å²) in [5.74, 6) is -0.653. The second kappa shape index (κ2) is 4.41. The molecule has 4 nitrogen and oxygen atoms in total. The van der Waals surface area contributed by atoms with Crippen LogP contribution in [0.2, 0.25) is 5.02 Å². The number of hydrogen-bond acceptors (Lipinski definition) is 5. The summed E-state index contributed by atoms with van der Waals surface area (Å²) in [6.45, 7) is 0. The topological polar surface area (TPSA) is 45.6 Å². The Kier molecular flexibility index (Phi) is 3.11. The van der Waals surface area contributed by atoms with Gasteiger partial charge in [0.25, 0.3) is 0 Å². The number of fused-ring (bicyclic) bond motifs is 1. The third kappa shape index (κ3) is 2.02. The van der Waals surface area contributed by atoms with Gasteiger partial charge in [-0.15, -0.1) is 0 Å². The Bertz CT molecular complexity index is 634. The van der Waals surface area contributed by atoms with Gasteiger partial charge in [-0.05, 0) is 6.07 Å². The minimum atomic E-state index is -0.653. The summed E-state index contributed by atoms with van der Waals surface area (Å²) in [6.07, 6.45) is 1.33. The third-order valence-electron chi connectivity index (χ3n) is 2.08. The van der Waals surface area contributed by atoms with Crippen molar-refractivity contribution in [1.29, 1.82) is 0 Å². The molecule has 88 valence electrons. The van der Waals surface area contributed by atoms with Crippen LogP contribution >= 0.6 is 22.9 Å². The molecule has 0 atom stereocenters. The highest BCUT2D eigenvalue weighted by molar-refractivity contribution is 7.22. The molecule has 2 aromatic rings. The van der Waals surface area contributed by atoms with Gasteiger partial charge in [-0.1, -0.05) is 22.9 Å². The molecular formula is C10H7ClFN3OS. The van der Waals surface area contributed by atoms with E-state index in [0.717, 1.165) is 6.07 Å². The van der Waals surface area contributed by atoms with E-state index in [2.05, 4.69) is 9.98 Å². The number of aromatic nitrogens is 1. The van der Waals surface area contributed by atoms with Crippen LogP contribution in [0.1, 0.15) is 0 Å². The molecule has 0 unspecified atom stereocenters. The molecule has 17 heavy (non-hydrogen) atoms. The molecule has 1 aromatic carbocycles. The number of nitrogens with zero attached hydrogens (tertiary/aromatic N) is 3. The van der Waals surface area contributed by atoms with E-state index in [1.54, 1.807) is 4.90 Å². The van der Waals surface area contributed by atoms with Crippen molar-refractivity contribution < 1.29 is 9.18 Å². The number of anilines is 1. The lowest BCUT2D eigenvalue weighted by atomic mass is 10.3. The molecule has 0 aliphatic heterocycles. The van der Waals surface area contributed by atoms with Crippen LogP contribution in [0.3, 0.4) is 0 Å². The lowest BCUT2D eigenvalue weighted by Crippen LogP contribution is -2.07. The highest BCUT2D eigenvalue weighted by Crippen LogP contribution is 2.40. The zero-order chi connectivity index (χ0) is 12.6. The van der Waals surface area contributed by atoms with E-state index in [1.807, 2.05) is 14.1 Å². The fourth-order valence-electron chi connectivity index (χ4n) is 1.33. The monoisotopic (exact) mass is 271 g/mol. The van der Waals surface area contributed by atoms with E-state index in [1.165, 1.54) is 17.4 Å². The maximum absolute atomic E-state index is 13.6. The number of carbonyl (C=O) groups excluding carboxylic acids is 1. The average Bonchev–Trinajstić information content (AvgIpc) is 2.69. The number of rotatable bonds is 2. The molecule has 0 bridgehead atoms. The first kappa shape index (κ1) is 12.0. The number of halogens is 2. The molecule has 0 radical (unpaired) electrons. The molecule has 0 spiro atoms. The summed E-state index contributed by atoms with van der Waals surface area (Å²) >= 11 is 7.12. The van der Waals surface area contributed by atoms with E-state index in [4.69, 9.17) is 11.6 Å². The zero-order valence-electron chi connectivity index (χ0n) is 8.99. The maximum atomic E-state index is 13.6. The van der Waals surface area contributed by atoms with Crippen LogP contribution in [-0.4, -0.2) is 25.2 Å². The van der Waals surface area contributed by atoms with Gasteiger partial charge in [-0.2, -0.15) is 4.99 Å². The van der Waals surface area contributed by atoms with E-state index in [0.29, 0.717) is 15.3 Å². The number of hydrogen-bond donors (Lipinski definition) is 0. The van der Waals surface area contributed by atoms with Crippen molar-refractivity contribution in [3.63, 3.8) is 0 Å². The van der Waals surface area contributed by atoms with Gasteiger partial charge in [0.15, 0.2) is 10.9 Å². The lowest BCUT2D eigenvalue weighted by molar-refractivity contribution is 0.564. The number of aliphatic imine (C=N–C) groups is 1. The second-order valence-corrected chi connectivity index (χ2v) is 4.85. The second-order valence-electron chi connectivity index (χ2n) is 3.46. The van der Waals surface area contributed by atoms with Crippen LogP contribution < -0.4 is 4.90 Å². The van der Waals surface area contributed by atoms with Crippen LogP contribution in [-0.2, 0) is 4.79 Å². The van der Waals surface area contributed by atoms with E-state index < -0.39 is 5.82 Å².